The van der Waals surface area contributed by atoms with Crippen LogP contribution < -0.4 is 10.9 Å². The first kappa shape index (κ1) is 16.2. The predicted octanol–water partition coefficient (Wildman–Crippen LogP) is 2.36. The van der Waals surface area contributed by atoms with Gasteiger partial charge in [0, 0.05) is 20.2 Å². The van der Waals surface area contributed by atoms with E-state index in [0.29, 0.717) is 29.5 Å². The highest BCUT2D eigenvalue weighted by Gasteiger charge is 2.10. The van der Waals surface area contributed by atoms with Gasteiger partial charge >= 0.3 is 0 Å². The predicted molar refractivity (Wildman–Crippen MR) is 80.6 cm³/mol. The summed E-state index contributed by atoms with van der Waals surface area (Å²) in [5.74, 6) is 0.757. The number of aromatic nitrogens is 2. The number of hydrogen-bond donors (Lipinski definition) is 1. The molecule has 0 radical (unpaired) electrons. The van der Waals surface area contributed by atoms with E-state index in [2.05, 4.69) is 47.1 Å². The molecule has 108 valence electrons. The summed E-state index contributed by atoms with van der Waals surface area (Å²) in [6.07, 6.45) is 1.69. The molecule has 19 heavy (non-hydrogen) atoms. The number of hydrogen-bond acceptors (Lipinski definition) is 4. The first-order chi connectivity index (χ1) is 8.95. The number of methoxy groups -OCH3 is 1. The zero-order chi connectivity index (χ0) is 14.4. The van der Waals surface area contributed by atoms with Gasteiger partial charge in [-0.05, 0) is 27.8 Å². The van der Waals surface area contributed by atoms with Crippen LogP contribution in [0.15, 0.2) is 15.5 Å². The zero-order valence-corrected chi connectivity index (χ0v) is 13.5. The second-order valence-electron chi connectivity index (χ2n) is 5.19. The molecule has 1 atom stereocenters. The minimum absolute atomic E-state index is 0.0990. The van der Waals surface area contributed by atoms with E-state index >= 15 is 0 Å². The highest BCUT2D eigenvalue weighted by molar-refractivity contribution is 9.10. The summed E-state index contributed by atoms with van der Waals surface area (Å²) in [7, 11) is 1.68. The normalized spacial score (nSPS) is 12.7. The molecule has 0 aliphatic carbocycles. The third-order valence-electron chi connectivity index (χ3n) is 2.62. The number of nitrogens with one attached hydrogen (secondary N) is 1. The summed E-state index contributed by atoms with van der Waals surface area (Å²) >= 11 is 3.34. The lowest BCUT2D eigenvalue weighted by Gasteiger charge is -2.14. The lowest BCUT2D eigenvalue weighted by Crippen LogP contribution is -2.27. The van der Waals surface area contributed by atoms with Gasteiger partial charge in [-0.3, -0.25) is 4.79 Å². The van der Waals surface area contributed by atoms with E-state index in [-0.39, 0.29) is 5.56 Å². The quantitative estimate of drug-likeness (QED) is 0.833. The topological polar surface area (TPSA) is 56.1 Å². The number of anilines is 1. The van der Waals surface area contributed by atoms with Gasteiger partial charge in [0.1, 0.15) is 4.47 Å². The first-order valence-electron chi connectivity index (χ1n) is 6.44. The third-order valence-corrected chi connectivity index (χ3v) is 3.38. The van der Waals surface area contributed by atoms with Gasteiger partial charge in [0.15, 0.2) is 0 Å². The minimum atomic E-state index is -0.0990. The summed E-state index contributed by atoms with van der Waals surface area (Å²) < 4.78 is 7.10. The Labute approximate surface area is 122 Å². The van der Waals surface area contributed by atoms with Crippen molar-refractivity contribution in [1.29, 1.82) is 0 Å². The summed E-state index contributed by atoms with van der Waals surface area (Å²) in [4.78, 5) is 12.1. The Kier molecular flexibility index (Phi) is 6.51. The molecule has 0 aliphatic rings. The van der Waals surface area contributed by atoms with Gasteiger partial charge in [0.05, 0.1) is 18.5 Å². The van der Waals surface area contributed by atoms with Crippen LogP contribution in [0.4, 0.5) is 5.69 Å². The average molecular weight is 332 g/mol. The Morgan fingerprint density at radius 3 is 2.74 bits per heavy atom. The van der Waals surface area contributed by atoms with Crippen LogP contribution in [-0.4, -0.2) is 30.0 Å². The van der Waals surface area contributed by atoms with Crippen LogP contribution in [0.25, 0.3) is 0 Å². The summed E-state index contributed by atoms with van der Waals surface area (Å²) in [5, 5.41) is 7.40. The molecule has 1 aromatic heterocycles. The van der Waals surface area contributed by atoms with Gasteiger partial charge < -0.3 is 10.1 Å². The maximum Gasteiger partial charge on any atom is 0.283 e. The molecule has 0 spiro atoms. The van der Waals surface area contributed by atoms with Crippen LogP contribution in [0.3, 0.4) is 0 Å². The third kappa shape index (κ3) is 4.95. The molecule has 0 saturated carbocycles. The number of rotatable bonds is 7. The van der Waals surface area contributed by atoms with Crippen molar-refractivity contribution >= 4 is 21.6 Å². The van der Waals surface area contributed by atoms with Gasteiger partial charge in [-0.15, -0.1) is 0 Å². The number of halogens is 1. The summed E-state index contributed by atoms with van der Waals surface area (Å²) in [5.41, 5.74) is 0.631. The van der Waals surface area contributed by atoms with E-state index in [4.69, 9.17) is 4.74 Å². The van der Waals surface area contributed by atoms with Crippen molar-refractivity contribution in [2.45, 2.75) is 27.3 Å². The van der Waals surface area contributed by atoms with Crippen molar-refractivity contribution in [1.82, 2.24) is 9.78 Å². The van der Waals surface area contributed by atoms with Crippen LogP contribution in [0, 0.1) is 11.8 Å². The van der Waals surface area contributed by atoms with Gasteiger partial charge in [-0.1, -0.05) is 20.8 Å². The van der Waals surface area contributed by atoms with Crippen molar-refractivity contribution in [2.24, 2.45) is 11.8 Å². The standard InChI is InChI=1S/C13H22BrN3O2/c1-9(2)7-17-13(18)12(14)11(6-16-17)15-5-10(3)8-19-4/h6,9-10,15H,5,7-8H2,1-4H3. The van der Waals surface area contributed by atoms with E-state index in [0.717, 1.165) is 12.2 Å². The number of ether oxygens (including phenoxy) is 1. The Morgan fingerprint density at radius 1 is 1.47 bits per heavy atom. The fourth-order valence-corrected chi connectivity index (χ4v) is 2.14. The molecule has 1 unspecified atom stereocenters. The lowest BCUT2D eigenvalue weighted by molar-refractivity contribution is 0.164. The van der Waals surface area contributed by atoms with Crippen LogP contribution in [0.1, 0.15) is 20.8 Å². The van der Waals surface area contributed by atoms with Crippen molar-refractivity contribution in [3.8, 4) is 0 Å². The summed E-state index contributed by atoms with van der Waals surface area (Å²) in [6, 6.07) is 0. The average Bonchev–Trinajstić information content (AvgIpc) is 2.34. The second kappa shape index (κ2) is 7.65. The van der Waals surface area contributed by atoms with E-state index < -0.39 is 0 Å². The van der Waals surface area contributed by atoms with Gasteiger partial charge in [0.25, 0.3) is 5.56 Å². The van der Waals surface area contributed by atoms with E-state index in [1.807, 2.05) is 0 Å². The fourth-order valence-electron chi connectivity index (χ4n) is 1.69. The van der Waals surface area contributed by atoms with E-state index in [1.54, 1.807) is 13.3 Å². The lowest BCUT2D eigenvalue weighted by atomic mass is 10.2. The molecule has 1 heterocycles. The van der Waals surface area contributed by atoms with E-state index in [9.17, 15) is 4.79 Å². The zero-order valence-electron chi connectivity index (χ0n) is 11.9. The minimum Gasteiger partial charge on any atom is -0.384 e. The Balaban J connectivity index is 2.76. The Hall–Kier alpha value is -0.880. The van der Waals surface area contributed by atoms with E-state index in [1.165, 1.54) is 4.68 Å². The Bertz CT molecular complexity index is 460. The van der Waals surface area contributed by atoms with Crippen LogP contribution in [-0.2, 0) is 11.3 Å². The molecular formula is C13H22BrN3O2. The molecule has 6 heteroatoms. The van der Waals surface area contributed by atoms with Crippen LogP contribution in [0.2, 0.25) is 0 Å². The number of nitrogens with zero attached hydrogens (tertiary/aromatic N) is 2. The molecule has 1 rings (SSSR count). The SMILES string of the molecule is COCC(C)CNc1cnn(CC(C)C)c(=O)c1Br. The highest BCUT2D eigenvalue weighted by atomic mass is 79.9. The smallest absolute Gasteiger partial charge is 0.283 e. The fraction of sp³-hybridized carbons (Fsp3) is 0.692. The van der Waals surface area contributed by atoms with Crippen LogP contribution in [0.5, 0.6) is 0 Å². The van der Waals surface area contributed by atoms with Crippen molar-refractivity contribution in [3.05, 3.63) is 21.0 Å². The molecule has 0 fully saturated rings. The van der Waals surface area contributed by atoms with Crippen LogP contribution >= 0.6 is 15.9 Å². The van der Waals surface area contributed by atoms with Gasteiger partial charge in [-0.2, -0.15) is 5.10 Å². The monoisotopic (exact) mass is 331 g/mol. The van der Waals surface area contributed by atoms with Crippen molar-refractivity contribution in [3.63, 3.8) is 0 Å². The molecule has 1 N–H and O–H groups in total. The largest absolute Gasteiger partial charge is 0.384 e. The van der Waals surface area contributed by atoms with Gasteiger partial charge in [0.2, 0.25) is 0 Å². The maximum atomic E-state index is 12.1. The molecule has 0 saturated heterocycles. The maximum absolute atomic E-state index is 12.1. The highest BCUT2D eigenvalue weighted by Crippen LogP contribution is 2.16. The molecule has 0 aromatic carbocycles. The molecule has 0 amide bonds. The second-order valence-corrected chi connectivity index (χ2v) is 5.99. The van der Waals surface area contributed by atoms with Crippen molar-refractivity contribution < 1.29 is 4.74 Å². The molecule has 0 bridgehead atoms. The molecule has 5 nitrogen and oxygen atoms in total. The van der Waals surface area contributed by atoms with Crippen molar-refractivity contribution in [2.75, 3.05) is 25.6 Å². The van der Waals surface area contributed by atoms with Gasteiger partial charge in [-0.25, -0.2) is 4.68 Å². The first-order valence-corrected chi connectivity index (χ1v) is 7.23. The molecule has 0 aliphatic heterocycles. The molecule has 1 aromatic rings. The Morgan fingerprint density at radius 2 is 2.16 bits per heavy atom. The molecular weight excluding hydrogens is 310 g/mol. The summed E-state index contributed by atoms with van der Waals surface area (Å²) in [6.45, 7) is 8.24.